The van der Waals surface area contributed by atoms with Crippen LogP contribution in [0.3, 0.4) is 0 Å². The first-order valence-electron chi connectivity index (χ1n) is 10.1. The number of hydrogen-bond donors (Lipinski definition) is 1. The number of nitrogens with zero attached hydrogens (tertiary/aromatic N) is 4. The highest BCUT2D eigenvalue weighted by atomic mass is 16.5. The van der Waals surface area contributed by atoms with Gasteiger partial charge in [-0.15, -0.1) is 0 Å². The third-order valence-corrected chi connectivity index (χ3v) is 5.96. The Morgan fingerprint density at radius 2 is 2.00 bits per heavy atom. The summed E-state index contributed by atoms with van der Waals surface area (Å²) in [5.74, 6) is 2.08. The Labute approximate surface area is 155 Å². The van der Waals surface area contributed by atoms with Gasteiger partial charge in [-0.3, -0.25) is 4.68 Å². The van der Waals surface area contributed by atoms with Gasteiger partial charge in [0.05, 0.1) is 11.4 Å². The predicted molar refractivity (Wildman–Crippen MR) is 102 cm³/mol. The van der Waals surface area contributed by atoms with Crippen molar-refractivity contribution in [1.29, 1.82) is 0 Å². The van der Waals surface area contributed by atoms with Gasteiger partial charge in [0.25, 0.3) is 0 Å². The first kappa shape index (κ1) is 17.6. The summed E-state index contributed by atoms with van der Waals surface area (Å²) in [5.41, 5.74) is 2.47. The second-order valence-electron chi connectivity index (χ2n) is 7.91. The quantitative estimate of drug-likeness (QED) is 0.885. The average molecular weight is 358 g/mol. The summed E-state index contributed by atoms with van der Waals surface area (Å²) >= 11 is 0. The van der Waals surface area contributed by atoms with Crippen LogP contribution < -0.4 is 5.32 Å². The van der Waals surface area contributed by atoms with Crippen LogP contribution in [0.15, 0.2) is 18.6 Å². The Balaban J connectivity index is 1.47. The monoisotopic (exact) mass is 357 g/mol. The van der Waals surface area contributed by atoms with Gasteiger partial charge in [0.1, 0.15) is 11.9 Å². The molecule has 0 unspecified atom stereocenters. The average Bonchev–Trinajstić information content (AvgIpc) is 3.26. The number of aryl methyl sites for hydroxylation is 2. The van der Waals surface area contributed by atoms with Gasteiger partial charge in [0.15, 0.2) is 0 Å². The molecule has 0 aromatic carbocycles. The molecule has 3 heterocycles. The van der Waals surface area contributed by atoms with Gasteiger partial charge in [0, 0.05) is 57.7 Å². The lowest BCUT2D eigenvalue weighted by molar-refractivity contribution is -0.0304. The van der Waals surface area contributed by atoms with Crippen LogP contribution in [0.4, 0.5) is 5.69 Å². The van der Waals surface area contributed by atoms with Crippen LogP contribution in [0.25, 0.3) is 0 Å². The zero-order chi connectivity index (χ0) is 17.9. The van der Waals surface area contributed by atoms with Gasteiger partial charge in [-0.05, 0) is 25.7 Å². The van der Waals surface area contributed by atoms with E-state index in [-0.39, 0.29) is 6.10 Å². The molecule has 0 amide bonds. The molecule has 6 nitrogen and oxygen atoms in total. The first-order valence-corrected chi connectivity index (χ1v) is 10.1. The molecule has 1 saturated carbocycles. The minimum Gasteiger partial charge on any atom is -0.382 e. The molecular weight excluding hydrogens is 326 g/mol. The fourth-order valence-corrected chi connectivity index (χ4v) is 4.55. The van der Waals surface area contributed by atoms with E-state index in [9.17, 15) is 0 Å². The fourth-order valence-electron chi connectivity index (χ4n) is 4.55. The van der Waals surface area contributed by atoms with Crippen LogP contribution in [0.5, 0.6) is 0 Å². The van der Waals surface area contributed by atoms with E-state index in [0.717, 1.165) is 25.4 Å². The Morgan fingerprint density at radius 3 is 2.77 bits per heavy atom. The van der Waals surface area contributed by atoms with Crippen molar-refractivity contribution in [3.8, 4) is 0 Å². The molecule has 0 spiro atoms. The summed E-state index contributed by atoms with van der Waals surface area (Å²) in [7, 11) is 4.07. The number of ether oxygens (including phenoxy) is 1. The molecule has 2 aromatic heterocycles. The molecular formula is C20H31N5O. The predicted octanol–water partition coefficient (Wildman–Crippen LogP) is 3.78. The molecule has 4 rings (SSSR count). The molecule has 142 valence electrons. The van der Waals surface area contributed by atoms with E-state index in [1.54, 1.807) is 0 Å². The number of hydrogen-bond acceptors (Lipinski definition) is 4. The minimum absolute atomic E-state index is 0.0750. The van der Waals surface area contributed by atoms with E-state index in [1.165, 1.54) is 49.9 Å². The summed E-state index contributed by atoms with van der Waals surface area (Å²) in [6.07, 6.45) is 14.9. The van der Waals surface area contributed by atoms with Crippen molar-refractivity contribution >= 4 is 5.69 Å². The lowest BCUT2D eigenvalue weighted by atomic mass is 9.86. The van der Waals surface area contributed by atoms with Crippen molar-refractivity contribution in [2.24, 2.45) is 20.0 Å². The number of anilines is 1. The lowest BCUT2D eigenvalue weighted by Gasteiger charge is -2.31. The zero-order valence-corrected chi connectivity index (χ0v) is 16.0. The van der Waals surface area contributed by atoms with Gasteiger partial charge >= 0.3 is 0 Å². The Kier molecular flexibility index (Phi) is 5.29. The van der Waals surface area contributed by atoms with E-state index in [1.807, 2.05) is 31.2 Å². The third kappa shape index (κ3) is 3.65. The van der Waals surface area contributed by atoms with Crippen molar-refractivity contribution in [3.63, 3.8) is 0 Å². The van der Waals surface area contributed by atoms with Gasteiger partial charge in [-0.25, -0.2) is 4.98 Å². The molecule has 2 fully saturated rings. The summed E-state index contributed by atoms with van der Waals surface area (Å²) in [5, 5.41) is 8.50. The molecule has 2 atom stereocenters. The van der Waals surface area contributed by atoms with Crippen molar-refractivity contribution < 1.29 is 4.74 Å². The largest absolute Gasteiger partial charge is 0.382 e. The standard InChI is InChI=1S/C20H31N5O/c1-24-11-10-21-20(24)19-16(9-6-12-26-19)13-22-17-14-25(2)23-18(17)15-7-4-3-5-8-15/h10-11,14-16,19,22H,3-9,12-13H2,1-2H3/t16-,19+/m0/s1. The zero-order valence-electron chi connectivity index (χ0n) is 16.0. The highest BCUT2D eigenvalue weighted by Gasteiger charge is 2.31. The lowest BCUT2D eigenvalue weighted by Crippen LogP contribution is -2.30. The van der Waals surface area contributed by atoms with Crippen LogP contribution in [0.2, 0.25) is 0 Å². The maximum absolute atomic E-state index is 6.11. The summed E-state index contributed by atoms with van der Waals surface area (Å²) in [6, 6.07) is 0. The Morgan fingerprint density at radius 1 is 1.15 bits per heavy atom. The third-order valence-electron chi connectivity index (χ3n) is 5.96. The van der Waals surface area contributed by atoms with E-state index >= 15 is 0 Å². The van der Waals surface area contributed by atoms with E-state index in [2.05, 4.69) is 21.1 Å². The van der Waals surface area contributed by atoms with Crippen molar-refractivity contribution in [2.45, 2.75) is 57.0 Å². The molecule has 1 aliphatic heterocycles. The van der Waals surface area contributed by atoms with Gasteiger partial charge < -0.3 is 14.6 Å². The number of nitrogens with one attached hydrogen (secondary N) is 1. The van der Waals surface area contributed by atoms with E-state index in [4.69, 9.17) is 9.84 Å². The second kappa shape index (κ2) is 7.82. The smallest absolute Gasteiger partial charge is 0.138 e. The molecule has 1 saturated heterocycles. The minimum atomic E-state index is 0.0750. The van der Waals surface area contributed by atoms with Crippen LogP contribution in [-0.4, -0.2) is 32.5 Å². The molecule has 1 aliphatic carbocycles. The summed E-state index contributed by atoms with van der Waals surface area (Å²) in [4.78, 5) is 4.53. The summed E-state index contributed by atoms with van der Waals surface area (Å²) < 4.78 is 10.2. The Bertz CT molecular complexity index is 716. The molecule has 6 heteroatoms. The fraction of sp³-hybridized carbons (Fsp3) is 0.700. The van der Waals surface area contributed by atoms with Crippen LogP contribution in [-0.2, 0) is 18.8 Å². The Hall–Kier alpha value is -1.82. The van der Waals surface area contributed by atoms with Gasteiger partial charge in [-0.2, -0.15) is 5.10 Å². The maximum atomic E-state index is 6.11. The molecule has 2 aromatic rings. The highest BCUT2D eigenvalue weighted by Crippen LogP contribution is 2.37. The molecule has 2 aliphatic rings. The number of rotatable bonds is 5. The first-order chi connectivity index (χ1) is 12.7. The van der Waals surface area contributed by atoms with Crippen LogP contribution >= 0.6 is 0 Å². The molecule has 26 heavy (non-hydrogen) atoms. The topological polar surface area (TPSA) is 56.9 Å². The normalized spacial score (nSPS) is 24.7. The number of aromatic nitrogens is 4. The van der Waals surface area contributed by atoms with Crippen molar-refractivity contribution in [1.82, 2.24) is 19.3 Å². The van der Waals surface area contributed by atoms with Gasteiger partial charge in [-0.1, -0.05) is 19.3 Å². The van der Waals surface area contributed by atoms with Crippen LogP contribution in [0.1, 0.15) is 68.5 Å². The maximum Gasteiger partial charge on any atom is 0.138 e. The summed E-state index contributed by atoms with van der Waals surface area (Å²) in [6.45, 7) is 1.73. The molecule has 1 N–H and O–H groups in total. The SMILES string of the molecule is Cn1cc(NC[C@@H]2CCCO[C@H]2c2nccn2C)c(C2CCCCC2)n1. The van der Waals surface area contributed by atoms with Gasteiger partial charge in [0.2, 0.25) is 0 Å². The van der Waals surface area contributed by atoms with Crippen molar-refractivity contribution in [3.05, 3.63) is 30.1 Å². The highest BCUT2D eigenvalue weighted by molar-refractivity contribution is 5.48. The second-order valence-corrected chi connectivity index (χ2v) is 7.91. The van der Waals surface area contributed by atoms with Crippen molar-refractivity contribution in [2.75, 3.05) is 18.5 Å². The van der Waals surface area contributed by atoms with E-state index in [0.29, 0.717) is 11.8 Å². The van der Waals surface area contributed by atoms with E-state index < -0.39 is 0 Å². The molecule has 0 bridgehead atoms. The number of imidazole rings is 1. The van der Waals surface area contributed by atoms with Crippen LogP contribution in [0, 0.1) is 5.92 Å². The molecule has 0 radical (unpaired) electrons.